The highest BCUT2D eigenvalue weighted by atomic mass is 16.5. The van der Waals surface area contributed by atoms with Crippen molar-refractivity contribution in [1.29, 1.82) is 0 Å². The summed E-state index contributed by atoms with van der Waals surface area (Å²) in [6.07, 6.45) is 50.7. The van der Waals surface area contributed by atoms with Crippen LogP contribution in [0.5, 0.6) is 0 Å². The second kappa shape index (κ2) is 46.5. The van der Waals surface area contributed by atoms with Crippen molar-refractivity contribution in [3.8, 4) is 0 Å². The number of nitrogens with one attached hydrogen (secondary N) is 1. The van der Waals surface area contributed by atoms with Crippen LogP contribution < -0.4 is 5.32 Å². The Kier molecular flexibility index (Phi) is 45.6. The maximum atomic E-state index is 12.4. The third-order valence-corrected chi connectivity index (χ3v) is 11.9. The minimum atomic E-state index is -0.668. The first-order valence-corrected chi connectivity index (χ1v) is 25.3. The molecule has 0 saturated heterocycles. The van der Waals surface area contributed by atoms with Gasteiger partial charge in [0.05, 0.1) is 25.4 Å². The molecule has 334 valence electrons. The van der Waals surface area contributed by atoms with Gasteiger partial charge in [0.25, 0.3) is 0 Å². The monoisotopic (exact) mass is 794 g/mol. The number of amides is 1. The van der Waals surface area contributed by atoms with Crippen molar-refractivity contribution in [2.24, 2.45) is 0 Å². The summed E-state index contributed by atoms with van der Waals surface area (Å²) >= 11 is 0. The van der Waals surface area contributed by atoms with Gasteiger partial charge in [-0.3, -0.25) is 9.59 Å². The molecule has 0 radical (unpaired) electrons. The van der Waals surface area contributed by atoms with E-state index in [9.17, 15) is 19.8 Å². The van der Waals surface area contributed by atoms with Gasteiger partial charge in [-0.25, -0.2) is 0 Å². The number of hydrogen-bond acceptors (Lipinski definition) is 5. The number of esters is 1. The Hall–Kier alpha value is -1.14. The maximum absolute atomic E-state index is 12.4. The molecule has 0 aliphatic carbocycles. The van der Waals surface area contributed by atoms with E-state index in [0.717, 1.165) is 51.4 Å². The molecule has 2 unspecified atom stereocenters. The zero-order valence-corrected chi connectivity index (χ0v) is 37.9. The van der Waals surface area contributed by atoms with Crippen molar-refractivity contribution >= 4 is 11.9 Å². The van der Waals surface area contributed by atoms with Gasteiger partial charge in [0.2, 0.25) is 5.91 Å². The number of carbonyl (C=O) groups is 2. The van der Waals surface area contributed by atoms with E-state index in [0.29, 0.717) is 25.9 Å². The summed E-state index contributed by atoms with van der Waals surface area (Å²) in [5.41, 5.74) is 0. The summed E-state index contributed by atoms with van der Waals surface area (Å²) in [5.74, 6) is -0.0450. The molecule has 0 bridgehead atoms. The molecule has 0 aromatic heterocycles. The summed E-state index contributed by atoms with van der Waals surface area (Å²) in [5, 5.41) is 23.1. The van der Waals surface area contributed by atoms with Crippen molar-refractivity contribution in [1.82, 2.24) is 5.32 Å². The van der Waals surface area contributed by atoms with Crippen molar-refractivity contribution in [3.63, 3.8) is 0 Å². The second-order valence-electron chi connectivity index (χ2n) is 17.5. The normalized spacial score (nSPS) is 12.6. The van der Waals surface area contributed by atoms with Gasteiger partial charge >= 0.3 is 5.97 Å². The fourth-order valence-electron chi connectivity index (χ4n) is 7.99. The first kappa shape index (κ1) is 54.9. The lowest BCUT2D eigenvalue weighted by Gasteiger charge is -2.22. The van der Waals surface area contributed by atoms with Gasteiger partial charge in [0, 0.05) is 12.8 Å². The number of rotatable bonds is 47. The van der Waals surface area contributed by atoms with Crippen LogP contribution in [0.15, 0.2) is 0 Å². The van der Waals surface area contributed by atoms with Crippen LogP contribution >= 0.6 is 0 Å². The molecule has 0 spiro atoms. The molecule has 56 heavy (non-hydrogen) atoms. The van der Waals surface area contributed by atoms with Crippen LogP contribution in [0.2, 0.25) is 0 Å². The standard InChI is InChI=1S/C50H99NO5/c1-3-5-7-9-11-13-15-16-20-24-28-32-36-40-44-50(55)56-45-41-37-33-29-25-21-18-17-19-23-27-31-35-39-43-49(54)51-47(46-52)48(53)42-38-34-30-26-22-14-12-10-8-6-4-2/h47-48,52-53H,3-46H2,1-2H3,(H,51,54). The molecule has 0 aromatic carbocycles. The Morgan fingerprint density at radius 1 is 0.429 bits per heavy atom. The van der Waals surface area contributed by atoms with Crippen LogP contribution in [0, 0.1) is 0 Å². The summed E-state index contributed by atoms with van der Waals surface area (Å²) in [6, 6.07) is -0.546. The summed E-state index contributed by atoms with van der Waals surface area (Å²) in [6.45, 7) is 4.93. The molecule has 0 aliphatic rings. The van der Waals surface area contributed by atoms with Gasteiger partial charge in [-0.2, -0.15) is 0 Å². The van der Waals surface area contributed by atoms with Gasteiger partial charge in [0.1, 0.15) is 0 Å². The fourth-order valence-corrected chi connectivity index (χ4v) is 7.99. The Balaban J connectivity index is 3.41. The van der Waals surface area contributed by atoms with Crippen LogP contribution in [0.4, 0.5) is 0 Å². The largest absolute Gasteiger partial charge is 0.466 e. The summed E-state index contributed by atoms with van der Waals surface area (Å²) in [4.78, 5) is 24.4. The molecule has 0 saturated carbocycles. The van der Waals surface area contributed by atoms with E-state index in [1.807, 2.05) is 0 Å². The fraction of sp³-hybridized carbons (Fsp3) is 0.960. The Morgan fingerprint density at radius 2 is 0.732 bits per heavy atom. The van der Waals surface area contributed by atoms with E-state index in [1.165, 1.54) is 199 Å². The van der Waals surface area contributed by atoms with E-state index in [4.69, 9.17) is 4.74 Å². The smallest absolute Gasteiger partial charge is 0.305 e. The molecule has 0 heterocycles. The van der Waals surface area contributed by atoms with Gasteiger partial charge in [-0.05, 0) is 25.7 Å². The van der Waals surface area contributed by atoms with Gasteiger partial charge in [-0.15, -0.1) is 0 Å². The first-order valence-electron chi connectivity index (χ1n) is 25.3. The van der Waals surface area contributed by atoms with Crippen molar-refractivity contribution in [3.05, 3.63) is 0 Å². The van der Waals surface area contributed by atoms with Crippen LogP contribution in [0.3, 0.4) is 0 Å². The molecule has 1 amide bonds. The predicted octanol–water partition coefficient (Wildman–Crippen LogP) is 14.8. The van der Waals surface area contributed by atoms with E-state index >= 15 is 0 Å². The second-order valence-corrected chi connectivity index (χ2v) is 17.5. The lowest BCUT2D eigenvalue weighted by Crippen LogP contribution is -2.45. The third-order valence-electron chi connectivity index (χ3n) is 11.9. The lowest BCUT2D eigenvalue weighted by atomic mass is 10.0. The average molecular weight is 794 g/mol. The molecule has 0 aromatic rings. The number of ether oxygens (including phenoxy) is 1. The SMILES string of the molecule is CCCCCCCCCCCCCCCCC(=O)OCCCCCCCCCCCCCCCCC(=O)NC(CO)C(O)CCCCCCCCCCCCC. The Labute approximate surface area is 349 Å². The molecule has 0 rings (SSSR count). The van der Waals surface area contributed by atoms with Crippen molar-refractivity contribution < 1.29 is 24.5 Å². The molecule has 0 fully saturated rings. The molecule has 6 heteroatoms. The van der Waals surface area contributed by atoms with E-state index in [-0.39, 0.29) is 18.5 Å². The highest BCUT2D eigenvalue weighted by Crippen LogP contribution is 2.17. The quantitative estimate of drug-likeness (QED) is 0.0421. The number of unbranched alkanes of at least 4 members (excludes halogenated alkanes) is 36. The highest BCUT2D eigenvalue weighted by molar-refractivity contribution is 5.76. The highest BCUT2D eigenvalue weighted by Gasteiger charge is 2.20. The van der Waals surface area contributed by atoms with Crippen LogP contribution in [0.1, 0.15) is 284 Å². The predicted molar refractivity (Wildman–Crippen MR) is 241 cm³/mol. The minimum absolute atomic E-state index is 0.000346. The third kappa shape index (κ3) is 42.5. The molecule has 2 atom stereocenters. The molecular formula is C50H99NO5. The van der Waals surface area contributed by atoms with Gasteiger partial charge < -0.3 is 20.3 Å². The number of carbonyl (C=O) groups excluding carboxylic acids is 2. The zero-order chi connectivity index (χ0) is 40.8. The van der Waals surface area contributed by atoms with Gasteiger partial charge in [0.15, 0.2) is 0 Å². The Morgan fingerprint density at radius 3 is 1.09 bits per heavy atom. The van der Waals surface area contributed by atoms with Crippen LogP contribution in [0.25, 0.3) is 0 Å². The number of aliphatic hydroxyl groups is 2. The Bertz CT molecular complexity index is 791. The average Bonchev–Trinajstić information content (AvgIpc) is 3.20. The van der Waals surface area contributed by atoms with Gasteiger partial charge in [-0.1, -0.05) is 245 Å². The minimum Gasteiger partial charge on any atom is -0.466 e. The van der Waals surface area contributed by atoms with E-state index in [2.05, 4.69) is 19.2 Å². The number of aliphatic hydroxyl groups excluding tert-OH is 2. The van der Waals surface area contributed by atoms with Crippen LogP contribution in [-0.2, 0) is 14.3 Å². The zero-order valence-electron chi connectivity index (χ0n) is 37.9. The topological polar surface area (TPSA) is 95.9 Å². The first-order chi connectivity index (χ1) is 27.5. The van der Waals surface area contributed by atoms with E-state index < -0.39 is 12.1 Å². The lowest BCUT2D eigenvalue weighted by molar-refractivity contribution is -0.143. The van der Waals surface area contributed by atoms with Crippen LogP contribution in [-0.4, -0.2) is 47.4 Å². The van der Waals surface area contributed by atoms with E-state index in [1.54, 1.807) is 0 Å². The molecule has 3 N–H and O–H groups in total. The molecule has 0 aliphatic heterocycles. The van der Waals surface area contributed by atoms with Crippen molar-refractivity contribution in [2.75, 3.05) is 13.2 Å². The maximum Gasteiger partial charge on any atom is 0.305 e. The van der Waals surface area contributed by atoms with Crippen molar-refractivity contribution in [2.45, 2.75) is 296 Å². The molecule has 6 nitrogen and oxygen atoms in total. The molecular weight excluding hydrogens is 695 g/mol. The summed E-state index contributed by atoms with van der Waals surface area (Å²) < 4.78 is 5.46. The summed E-state index contributed by atoms with van der Waals surface area (Å²) in [7, 11) is 0. The number of hydrogen-bond donors (Lipinski definition) is 3.